The molecule has 2 heterocycles. The third kappa shape index (κ3) is 2.07. The zero-order valence-corrected chi connectivity index (χ0v) is 8.17. The Labute approximate surface area is 81.4 Å². The minimum atomic E-state index is -0.438. The van der Waals surface area contributed by atoms with Crippen molar-refractivity contribution in [3.63, 3.8) is 0 Å². The van der Waals surface area contributed by atoms with Crippen LogP contribution in [-0.2, 0) is 4.74 Å². The SMILES string of the molecule is OC(c1cscn1)C1CCCOC1. The summed E-state index contributed by atoms with van der Waals surface area (Å²) in [6, 6.07) is 0. The highest BCUT2D eigenvalue weighted by molar-refractivity contribution is 7.07. The van der Waals surface area contributed by atoms with Crippen molar-refractivity contribution in [2.24, 2.45) is 5.92 Å². The first-order valence-corrected chi connectivity index (χ1v) is 5.46. The molecule has 4 heteroatoms. The fourth-order valence-electron chi connectivity index (χ4n) is 1.62. The monoisotopic (exact) mass is 199 g/mol. The first kappa shape index (κ1) is 9.12. The van der Waals surface area contributed by atoms with E-state index in [1.165, 1.54) is 11.3 Å². The first-order chi connectivity index (χ1) is 6.38. The van der Waals surface area contributed by atoms with Crippen LogP contribution in [0, 0.1) is 5.92 Å². The van der Waals surface area contributed by atoms with Gasteiger partial charge in [0.1, 0.15) is 6.10 Å². The molecule has 1 aliphatic heterocycles. The fourth-order valence-corrected chi connectivity index (χ4v) is 2.21. The van der Waals surface area contributed by atoms with Gasteiger partial charge in [-0.25, -0.2) is 4.98 Å². The molecule has 2 rings (SSSR count). The van der Waals surface area contributed by atoms with E-state index < -0.39 is 6.10 Å². The van der Waals surface area contributed by atoms with Gasteiger partial charge in [-0.15, -0.1) is 11.3 Å². The summed E-state index contributed by atoms with van der Waals surface area (Å²) in [7, 11) is 0. The van der Waals surface area contributed by atoms with Crippen molar-refractivity contribution < 1.29 is 9.84 Å². The van der Waals surface area contributed by atoms with Crippen LogP contribution in [0.3, 0.4) is 0 Å². The molecule has 2 unspecified atom stereocenters. The summed E-state index contributed by atoms with van der Waals surface area (Å²) in [5, 5.41) is 11.8. The molecule has 0 saturated carbocycles. The Kier molecular flexibility index (Phi) is 2.93. The van der Waals surface area contributed by atoms with Gasteiger partial charge in [-0.1, -0.05) is 0 Å². The maximum absolute atomic E-state index is 9.90. The normalized spacial score (nSPS) is 25.8. The molecule has 1 N–H and O–H groups in total. The van der Waals surface area contributed by atoms with E-state index in [-0.39, 0.29) is 5.92 Å². The van der Waals surface area contributed by atoms with Crippen LogP contribution in [0.1, 0.15) is 24.6 Å². The summed E-state index contributed by atoms with van der Waals surface area (Å²) in [5.74, 6) is 0.232. The number of ether oxygens (including phenoxy) is 1. The zero-order chi connectivity index (χ0) is 9.10. The minimum Gasteiger partial charge on any atom is -0.386 e. The number of thiazole rings is 1. The lowest BCUT2D eigenvalue weighted by atomic mass is 9.94. The molecule has 13 heavy (non-hydrogen) atoms. The second-order valence-electron chi connectivity index (χ2n) is 3.34. The van der Waals surface area contributed by atoms with E-state index in [2.05, 4.69) is 4.98 Å². The van der Waals surface area contributed by atoms with Gasteiger partial charge >= 0.3 is 0 Å². The molecule has 0 aromatic carbocycles. The first-order valence-electron chi connectivity index (χ1n) is 4.52. The van der Waals surface area contributed by atoms with E-state index in [0.717, 1.165) is 25.1 Å². The number of aliphatic hydroxyl groups excluding tert-OH is 1. The molecular formula is C9H13NO2S. The number of hydrogen-bond acceptors (Lipinski definition) is 4. The maximum atomic E-state index is 9.90. The summed E-state index contributed by atoms with van der Waals surface area (Å²) >= 11 is 1.52. The van der Waals surface area contributed by atoms with Gasteiger partial charge in [0.25, 0.3) is 0 Å². The van der Waals surface area contributed by atoms with Crippen LogP contribution in [0.15, 0.2) is 10.9 Å². The molecule has 1 aliphatic rings. The summed E-state index contributed by atoms with van der Waals surface area (Å²) < 4.78 is 5.32. The summed E-state index contributed by atoms with van der Waals surface area (Å²) in [6.45, 7) is 1.50. The lowest BCUT2D eigenvalue weighted by Gasteiger charge is -2.25. The predicted molar refractivity (Wildman–Crippen MR) is 50.6 cm³/mol. The van der Waals surface area contributed by atoms with Gasteiger partial charge in [-0.05, 0) is 12.8 Å². The molecule has 0 bridgehead atoms. The van der Waals surface area contributed by atoms with Crippen LogP contribution in [0.25, 0.3) is 0 Å². The van der Waals surface area contributed by atoms with E-state index >= 15 is 0 Å². The van der Waals surface area contributed by atoms with E-state index in [4.69, 9.17) is 4.74 Å². The van der Waals surface area contributed by atoms with Crippen molar-refractivity contribution in [2.75, 3.05) is 13.2 Å². The molecule has 2 atom stereocenters. The number of aliphatic hydroxyl groups is 1. The van der Waals surface area contributed by atoms with Gasteiger partial charge in [0, 0.05) is 17.9 Å². The van der Waals surface area contributed by atoms with Gasteiger partial charge in [-0.2, -0.15) is 0 Å². The van der Waals surface area contributed by atoms with Crippen molar-refractivity contribution in [3.05, 3.63) is 16.6 Å². The van der Waals surface area contributed by atoms with Gasteiger partial charge < -0.3 is 9.84 Å². The third-order valence-corrected chi connectivity index (χ3v) is 3.00. The number of nitrogens with zero attached hydrogens (tertiary/aromatic N) is 1. The third-order valence-electron chi connectivity index (χ3n) is 2.40. The predicted octanol–water partition coefficient (Wildman–Crippen LogP) is 1.60. The Hall–Kier alpha value is -0.450. The van der Waals surface area contributed by atoms with Gasteiger partial charge in [-0.3, -0.25) is 0 Å². The highest BCUT2D eigenvalue weighted by Crippen LogP contribution is 2.28. The van der Waals surface area contributed by atoms with Crippen LogP contribution in [0.5, 0.6) is 0 Å². The summed E-state index contributed by atoms with van der Waals surface area (Å²) in [5.41, 5.74) is 2.54. The largest absolute Gasteiger partial charge is 0.386 e. The van der Waals surface area contributed by atoms with Crippen molar-refractivity contribution in [2.45, 2.75) is 18.9 Å². The van der Waals surface area contributed by atoms with Crippen LogP contribution >= 0.6 is 11.3 Å². The zero-order valence-electron chi connectivity index (χ0n) is 7.35. The molecule has 1 aromatic rings. The summed E-state index contributed by atoms with van der Waals surface area (Å²) in [6.07, 6.45) is 1.65. The van der Waals surface area contributed by atoms with Crippen molar-refractivity contribution >= 4 is 11.3 Å². The molecule has 0 amide bonds. The number of aromatic nitrogens is 1. The summed E-state index contributed by atoms with van der Waals surface area (Å²) in [4.78, 5) is 4.10. The van der Waals surface area contributed by atoms with Crippen molar-refractivity contribution in [1.82, 2.24) is 4.98 Å². The van der Waals surface area contributed by atoms with E-state index in [1.54, 1.807) is 5.51 Å². The average molecular weight is 199 g/mol. The minimum absolute atomic E-state index is 0.232. The van der Waals surface area contributed by atoms with Crippen molar-refractivity contribution in [3.8, 4) is 0 Å². The highest BCUT2D eigenvalue weighted by Gasteiger charge is 2.24. The molecule has 1 saturated heterocycles. The van der Waals surface area contributed by atoms with Crippen LogP contribution < -0.4 is 0 Å². The lowest BCUT2D eigenvalue weighted by Crippen LogP contribution is -2.23. The van der Waals surface area contributed by atoms with E-state index in [0.29, 0.717) is 6.61 Å². The Bertz CT molecular complexity index is 244. The number of hydrogen-bond donors (Lipinski definition) is 1. The van der Waals surface area contributed by atoms with Gasteiger partial charge in [0.15, 0.2) is 0 Å². The van der Waals surface area contributed by atoms with E-state index in [9.17, 15) is 5.11 Å². The Morgan fingerprint density at radius 2 is 2.62 bits per heavy atom. The fraction of sp³-hybridized carbons (Fsp3) is 0.667. The van der Waals surface area contributed by atoms with Crippen LogP contribution in [0.4, 0.5) is 0 Å². The van der Waals surface area contributed by atoms with Gasteiger partial charge in [0.05, 0.1) is 17.8 Å². The smallest absolute Gasteiger partial charge is 0.102 e. The maximum Gasteiger partial charge on any atom is 0.102 e. The van der Waals surface area contributed by atoms with Crippen LogP contribution in [-0.4, -0.2) is 23.3 Å². The molecule has 0 radical (unpaired) electrons. The lowest BCUT2D eigenvalue weighted by molar-refractivity contribution is -0.0113. The molecule has 3 nitrogen and oxygen atoms in total. The Balaban J connectivity index is 1.99. The Morgan fingerprint density at radius 3 is 3.23 bits per heavy atom. The molecule has 1 fully saturated rings. The standard InChI is InChI=1S/C9H13NO2S/c11-9(8-5-13-6-10-8)7-2-1-3-12-4-7/h5-7,9,11H,1-4H2. The molecular weight excluding hydrogens is 186 g/mol. The molecule has 72 valence electrons. The topological polar surface area (TPSA) is 42.4 Å². The average Bonchev–Trinajstić information content (AvgIpc) is 2.71. The molecule has 1 aromatic heterocycles. The quantitative estimate of drug-likeness (QED) is 0.786. The second kappa shape index (κ2) is 4.17. The molecule has 0 aliphatic carbocycles. The van der Waals surface area contributed by atoms with Crippen LogP contribution in [0.2, 0.25) is 0 Å². The molecule has 0 spiro atoms. The number of rotatable bonds is 2. The second-order valence-corrected chi connectivity index (χ2v) is 4.05. The Morgan fingerprint density at radius 1 is 1.69 bits per heavy atom. The van der Waals surface area contributed by atoms with Gasteiger partial charge in [0.2, 0.25) is 0 Å². The van der Waals surface area contributed by atoms with Crippen molar-refractivity contribution in [1.29, 1.82) is 0 Å². The van der Waals surface area contributed by atoms with E-state index in [1.807, 2.05) is 5.38 Å². The highest BCUT2D eigenvalue weighted by atomic mass is 32.1.